The molecule has 0 amide bonds. The second-order valence-electron chi connectivity index (χ2n) is 4.54. The highest BCUT2D eigenvalue weighted by molar-refractivity contribution is 5.54. The van der Waals surface area contributed by atoms with Crippen LogP contribution in [0.25, 0.3) is 11.4 Å². The topological polar surface area (TPSA) is 51.8 Å². The van der Waals surface area contributed by atoms with Gasteiger partial charge in [-0.3, -0.25) is 0 Å². The zero-order chi connectivity index (χ0) is 13.0. The second-order valence-corrected chi connectivity index (χ2v) is 4.54. The molecule has 1 atom stereocenters. The van der Waals surface area contributed by atoms with E-state index in [-0.39, 0.29) is 6.04 Å². The molecule has 0 fully saturated rings. The summed E-state index contributed by atoms with van der Waals surface area (Å²) in [6, 6.07) is 10.2. The van der Waals surface area contributed by atoms with E-state index in [1.165, 1.54) is 0 Å². The van der Waals surface area contributed by atoms with Crippen LogP contribution in [0.5, 0.6) is 0 Å². The Hall–Kier alpha value is -1.74. The number of aromatic nitrogens is 2. The Balaban J connectivity index is 2.25. The molecule has 0 radical (unpaired) electrons. The maximum atomic E-state index is 5.97. The van der Waals surface area contributed by atoms with Crippen molar-refractivity contribution in [1.29, 1.82) is 0 Å². The van der Waals surface area contributed by atoms with Gasteiger partial charge in [0.2, 0.25) is 0 Å². The normalized spacial score (nSPS) is 12.4. The number of hydrogen-bond donors (Lipinski definition) is 1. The first-order valence-corrected chi connectivity index (χ1v) is 6.34. The largest absolute Gasteiger partial charge is 0.327 e. The van der Waals surface area contributed by atoms with Gasteiger partial charge >= 0.3 is 0 Å². The Bertz CT molecular complexity index is 508. The first-order valence-electron chi connectivity index (χ1n) is 6.34. The van der Waals surface area contributed by atoms with Gasteiger partial charge in [0.1, 0.15) is 0 Å². The van der Waals surface area contributed by atoms with Gasteiger partial charge in [-0.2, -0.15) is 0 Å². The van der Waals surface area contributed by atoms with E-state index in [0.717, 1.165) is 35.5 Å². The van der Waals surface area contributed by atoms with Crippen LogP contribution in [0.15, 0.2) is 36.5 Å². The van der Waals surface area contributed by atoms with Crippen LogP contribution in [0.4, 0.5) is 0 Å². The molecule has 2 N–H and O–H groups in total. The summed E-state index contributed by atoms with van der Waals surface area (Å²) in [4.78, 5) is 8.99. The summed E-state index contributed by atoms with van der Waals surface area (Å²) in [6.45, 7) is 4.12. The number of nitrogens with two attached hydrogens (primary N) is 1. The Morgan fingerprint density at radius 2 is 1.94 bits per heavy atom. The van der Waals surface area contributed by atoms with Crippen molar-refractivity contribution in [3.8, 4) is 11.4 Å². The summed E-state index contributed by atoms with van der Waals surface area (Å²) >= 11 is 0. The Kier molecular flexibility index (Phi) is 4.05. The maximum Gasteiger partial charge on any atom is 0.159 e. The average Bonchev–Trinajstić information content (AvgIpc) is 2.42. The van der Waals surface area contributed by atoms with Gasteiger partial charge in [-0.25, -0.2) is 9.97 Å². The molecule has 1 unspecified atom stereocenters. The van der Waals surface area contributed by atoms with E-state index in [2.05, 4.69) is 16.9 Å². The number of nitrogens with zero attached hydrogens (tertiary/aromatic N) is 2. The molecule has 0 aliphatic heterocycles. The number of hydrogen-bond acceptors (Lipinski definition) is 3. The smallest absolute Gasteiger partial charge is 0.159 e. The third-order valence-electron chi connectivity index (χ3n) is 3.12. The SMILES string of the molecule is CCC(N)Cc1cnc(-c2ccccc2)nc1C. The standard InChI is InChI=1S/C15H19N3/c1-3-14(16)9-13-10-17-15(18-11(13)2)12-7-5-4-6-8-12/h4-8,10,14H,3,9,16H2,1-2H3. The molecule has 0 bridgehead atoms. The van der Waals surface area contributed by atoms with Gasteiger partial charge < -0.3 is 5.73 Å². The molecule has 0 aliphatic carbocycles. The van der Waals surface area contributed by atoms with Crippen molar-refractivity contribution < 1.29 is 0 Å². The predicted molar refractivity (Wildman–Crippen MR) is 74.2 cm³/mol. The molecule has 3 heteroatoms. The van der Waals surface area contributed by atoms with E-state index in [0.29, 0.717) is 0 Å². The molecular formula is C15H19N3. The molecular weight excluding hydrogens is 222 g/mol. The fourth-order valence-electron chi connectivity index (χ4n) is 1.85. The third kappa shape index (κ3) is 2.93. The van der Waals surface area contributed by atoms with Crippen molar-refractivity contribution in [2.24, 2.45) is 5.73 Å². The third-order valence-corrected chi connectivity index (χ3v) is 3.12. The molecule has 1 aromatic carbocycles. The zero-order valence-electron chi connectivity index (χ0n) is 10.9. The predicted octanol–water partition coefficient (Wildman–Crippen LogP) is 2.73. The highest BCUT2D eigenvalue weighted by Crippen LogP contribution is 2.16. The summed E-state index contributed by atoms with van der Waals surface area (Å²) < 4.78 is 0. The minimum Gasteiger partial charge on any atom is -0.327 e. The summed E-state index contributed by atoms with van der Waals surface area (Å²) in [7, 11) is 0. The van der Waals surface area contributed by atoms with Crippen LogP contribution < -0.4 is 5.73 Å². The van der Waals surface area contributed by atoms with Crippen molar-refractivity contribution >= 4 is 0 Å². The quantitative estimate of drug-likeness (QED) is 0.895. The van der Waals surface area contributed by atoms with E-state index >= 15 is 0 Å². The molecule has 1 aromatic heterocycles. The Morgan fingerprint density at radius 1 is 1.22 bits per heavy atom. The van der Waals surface area contributed by atoms with E-state index in [4.69, 9.17) is 5.73 Å². The molecule has 94 valence electrons. The lowest BCUT2D eigenvalue weighted by Gasteiger charge is -2.11. The van der Waals surface area contributed by atoms with Crippen LogP contribution in [0.2, 0.25) is 0 Å². The van der Waals surface area contributed by atoms with E-state index in [1.807, 2.05) is 43.5 Å². The van der Waals surface area contributed by atoms with Gasteiger partial charge in [-0.05, 0) is 25.3 Å². The molecule has 2 rings (SSSR count). The molecule has 0 saturated heterocycles. The summed E-state index contributed by atoms with van der Waals surface area (Å²) in [5.74, 6) is 0.780. The fraction of sp³-hybridized carbons (Fsp3) is 0.333. The highest BCUT2D eigenvalue weighted by atomic mass is 14.9. The van der Waals surface area contributed by atoms with Crippen LogP contribution in [0.1, 0.15) is 24.6 Å². The number of rotatable bonds is 4. The second kappa shape index (κ2) is 5.74. The van der Waals surface area contributed by atoms with Crippen LogP contribution in [0.3, 0.4) is 0 Å². The molecule has 18 heavy (non-hydrogen) atoms. The first-order chi connectivity index (χ1) is 8.70. The van der Waals surface area contributed by atoms with Crippen molar-refractivity contribution in [2.75, 3.05) is 0 Å². The number of benzene rings is 1. The Morgan fingerprint density at radius 3 is 2.56 bits per heavy atom. The van der Waals surface area contributed by atoms with Gasteiger partial charge in [0, 0.05) is 23.5 Å². The number of aryl methyl sites for hydroxylation is 1. The van der Waals surface area contributed by atoms with Crippen molar-refractivity contribution in [1.82, 2.24) is 9.97 Å². The van der Waals surface area contributed by atoms with Crippen LogP contribution >= 0.6 is 0 Å². The minimum atomic E-state index is 0.190. The summed E-state index contributed by atoms with van der Waals surface area (Å²) in [5, 5.41) is 0. The fourth-order valence-corrected chi connectivity index (χ4v) is 1.85. The summed E-state index contributed by atoms with van der Waals surface area (Å²) in [5.41, 5.74) is 9.18. The van der Waals surface area contributed by atoms with Gasteiger partial charge in [0.15, 0.2) is 5.82 Å². The van der Waals surface area contributed by atoms with E-state index in [1.54, 1.807) is 0 Å². The lowest BCUT2D eigenvalue weighted by atomic mass is 10.0. The lowest BCUT2D eigenvalue weighted by molar-refractivity contribution is 0.641. The molecule has 0 spiro atoms. The molecule has 3 nitrogen and oxygen atoms in total. The van der Waals surface area contributed by atoms with Gasteiger partial charge in [-0.1, -0.05) is 37.3 Å². The van der Waals surface area contributed by atoms with Crippen LogP contribution in [-0.4, -0.2) is 16.0 Å². The van der Waals surface area contributed by atoms with Crippen molar-refractivity contribution in [3.05, 3.63) is 47.8 Å². The van der Waals surface area contributed by atoms with E-state index in [9.17, 15) is 0 Å². The van der Waals surface area contributed by atoms with Gasteiger partial charge in [0.25, 0.3) is 0 Å². The monoisotopic (exact) mass is 241 g/mol. The maximum absolute atomic E-state index is 5.97. The van der Waals surface area contributed by atoms with Crippen LogP contribution in [0, 0.1) is 6.92 Å². The van der Waals surface area contributed by atoms with Gasteiger partial charge in [0.05, 0.1) is 0 Å². The zero-order valence-corrected chi connectivity index (χ0v) is 10.9. The molecule has 0 aliphatic rings. The average molecular weight is 241 g/mol. The summed E-state index contributed by atoms with van der Waals surface area (Å²) in [6.07, 6.45) is 3.72. The van der Waals surface area contributed by atoms with Crippen molar-refractivity contribution in [3.63, 3.8) is 0 Å². The van der Waals surface area contributed by atoms with Crippen molar-refractivity contribution in [2.45, 2.75) is 32.7 Å². The first kappa shape index (κ1) is 12.7. The lowest BCUT2D eigenvalue weighted by Crippen LogP contribution is -2.22. The minimum absolute atomic E-state index is 0.190. The molecule has 0 saturated carbocycles. The Labute approximate surface area is 108 Å². The molecule has 2 aromatic rings. The van der Waals surface area contributed by atoms with Crippen LogP contribution in [-0.2, 0) is 6.42 Å². The van der Waals surface area contributed by atoms with Gasteiger partial charge in [-0.15, -0.1) is 0 Å². The molecule has 1 heterocycles. The highest BCUT2D eigenvalue weighted by Gasteiger charge is 2.08. The van der Waals surface area contributed by atoms with E-state index < -0.39 is 0 Å².